The van der Waals surface area contributed by atoms with Crippen LogP contribution in [0.5, 0.6) is 0 Å². The summed E-state index contributed by atoms with van der Waals surface area (Å²) in [5.74, 6) is -0.320. The number of pyridine rings is 1. The number of hydrogen-bond donors (Lipinski definition) is 1. The molecule has 0 saturated carbocycles. The highest BCUT2D eigenvalue weighted by atomic mass is 35.5. The van der Waals surface area contributed by atoms with Crippen molar-refractivity contribution in [2.45, 2.75) is 12.6 Å². The number of alkyl halides is 3. The smallest absolute Gasteiger partial charge is 0.370 e. The first kappa shape index (κ1) is 15.6. The van der Waals surface area contributed by atoms with Crippen LogP contribution in [0.4, 0.5) is 23.4 Å². The zero-order valence-electron chi connectivity index (χ0n) is 10.7. The van der Waals surface area contributed by atoms with Crippen molar-refractivity contribution in [1.29, 1.82) is 0 Å². The molecule has 7 heteroatoms. The van der Waals surface area contributed by atoms with Gasteiger partial charge in [-0.2, -0.15) is 13.2 Å². The van der Waals surface area contributed by atoms with Gasteiger partial charge in [0.05, 0.1) is 5.56 Å². The summed E-state index contributed by atoms with van der Waals surface area (Å²) in [4.78, 5) is 3.78. The maximum Gasteiger partial charge on any atom is 0.416 e. The van der Waals surface area contributed by atoms with E-state index in [9.17, 15) is 17.6 Å². The Morgan fingerprint density at radius 2 is 1.90 bits per heavy atom. The molecule has 2 rings (SSSR count). The Morgan fingerprint density at radius 3 is 2.57 bits per heavy atom. The molecule has 0 bridgehead atoms. The summed E-state index contributed by atoms with van der Waals surface area (Å²) in [6.45, 7) is 0.314. The lowest BCUT2D eigenvalue weighted by molar-refractivity contribution is -0.137. The van der Waals surface area contributed by atoms with Crippen LogP contribution < -0.4 is 5.32 Å². The molecule has 2 aromatic rings. The van der Waals surface area contributed by atoms with E-state index in [-0.39, 0.29) is 16.8 Å². The third-order valence-corrected chi connectivity index (χ3v) is 2.92. The fourth-order valence-electron chi connectivity index (χ4n) is 1.78. The van der Waals surface area contributed by atoms with E-state index in [1.165, 1.54) is 12.1 Å². The van der Waals surface area contributed by atoms with Crippen LogP contribution in [0.1, 0.15) is 11.1 Å². The SMILES string of the molecule is Fc1cccc(CCNc2cc(C(F)(F)F)cc(Cl)n2)c1. The van der Waals surface area contributed by atoms with Crippen molar-refractivity contribution in [1.82, 2.24) is 4.98 Å². The number of nitrogens with one attached hydrogen (secondary N) is 1. The molecule has 1 aromatic heterocycles. The standard InChI is InChI=1S/C14H11ClF4N2/c15-12-7-10(14(17,18)19)8-13(21-12)20-5-4-9-2-1-3-11(16)6-9/h1-3,6-8H,4-5H2,(H,20,21). The first-order valence-electron chi connectivity index (χ1n) is 6.08. The Hall–Kier alpha value is -1.82. The third-order valence-electron chi connectivity index (χ3n) is 2.73. The van der Waals surface area contributed by atoms with Gasteiger partial charge in [-0.1, -0.05) is 23.7 Å². The molecule has 21 heavy (non-hydrogen) atoms. The summed E-state index contributed by atoms with van der Waals surface area (Å²) in [6, 6.07) is 7.65. The van der Waals surface area contributed by atoms with Crippen LogP contribution in [0.2, 0.25) is 5.15 Å². The quantitative estimate of drug-likeness (QED) is 0.661. The van der Waals surface area contributed by atoms with Crippen molar-refractivity contribution < 1.29 is 17.6 Å². The molecule has 0 amide bonds. The maximum absolute atomic E-state index is 13.0. The largest absolute Gasteiger partial charge is 0.416 e. The van der Waals surface area contributed by atoms with Crippen LogP contribution in [-0.2, 0) is 12.6 Å². The van der Waals surface area contributed by atoms with Crippen LogP contribution in [-0.4, -0.2) is 11.5 Å². The molecular weight excluding hydrogens is 308 g/mol. The molecule has 0 fully saturated rings. The molecule has 1 aromatic carbocycles. The average molecular weight is 319 g/mol. The minimum Gasteiger partial charge on any atom is -0.370 e. The van der Waals surface area contributed by atoms with Crippen LogP contribution in [0, 0.1) is 5.82 Å². The summed E-state index contributed by atoms with van der Waals surface area (Å²) >= 11 is 5.57. The van der Waals surface area contributed by atoms with E-state index in [0.29, 0.717) is 13.0 Å². The Balaban J connectivity index is 2.02. The topological polar surface area (TPSA) is 24.9 Å². The van der Waals surface area contributed by atoms with Crippen molar-refractivity contribution in [3.63, 3.8) is 0 Å². The summed E-state index contributed by atoms with van der Waals surface area (Å²) in [5, 5.41) is 2.51. The molecule has 0 aliphatic rings. The van der Waals surface area contributed by atoms with Gasteiger partial charge in [-0.25, -0.2) is 9.37 Å². The lowest BCUT2D eigenvalue weighted by Crippen LogP contribution is -2.10. The second-order valence-electron chi connectivity index (χ2n) is 4.37. The van der Waals surface area contributed by atoms with Crippen molar-refractivity contribution >= 4 is 17.4 Å². The number of hydrogen-bond acceptors (Lipinski definition) is 2. The second kappa shape index (κ2) is 6.30. The molecule has 0 radical (unpaired) electrons. The summed E-state index contributed by atoms with van der Waals surface area (Å²) < 4.78 is 50.8. The molecule has 2 nitrogen and oxygen atoms in total. The van der Waals surface area contributed by atoms with Gasteiger partial charge in [0.15, 0.2) is 0 Å². The number of anilines is 1. The van der Waals surface area contributed by atoms with Gasteiger partial charge >= 0.3 is 6.18 Å². The molecule has 1 heterocycles. The summed E-state index contributed by atoms with van der Waals surface area (Å²) in [6.07, 6.45) is -4.03. The van der Waals surface area contributed by atoms with Gasteiger partial charge in [0.1, 0.15) is 16.8 Å². The predicted molar refractivity (Wildman–Crippen MR) is 72.8 cm³/mol. The van der Waals surface area contributed by atoms with E-state index in [1.807, 2.05) is 0 Å². The first-order valence-corrected chi connectivity index (χ1v) is 6.45. The van der Waals surface area contributed by atoms with E-state index < -0.39 is 11.7 Å². The number of aromatic nitrogens is 1. The van der Waals surface area contributed by atoms with Gasteiger partial charge in [-0.15, -0.1) is 0 Å². The maximum atomic E-state index is 13.0. The van der Waals surface area contributed by atoms with Crippen LogP contribution in [0.3, 0.4) is 0 Å². The molecular formula is C14H11ClF4N2. The fraction of sp³-hybridized carbons (Fsp3) is 0.214. The van der Waals surface area contributed by atoms with Crippen LogP contribution >= 0.6 is 11.6 Å². The van der Waals surface area contributed by atoms with E-state index >= 15 is 0 Å². The minimum atomic E-state index is -4.48. The van der Waals surface area contributed by atoms with E-state index in [1.54, 1.807) is 12.1 Å². The van der Waals surface area contributed by atoms with Crippen molar-refractivity contribution in [2.75, 3.05) is 11.9 Å². The predicted octanol–water partition coefficient (Wildman–Crippen LogP) is 4.55. The Morgan fingerprint density at radius 1 is 1.14 bits per heavy atom. The fourth-order valence-corrected chi connectivity index (χ4v) is 1.99. The van der Waals surface area contributed by atoms with Gasteiger partial charge in [-0.05, 0) is 36.2 Å². The van der Waals surface area contributed by atoms with Gasteiger partial charge in [0.2, 0.25) is 0 Å². The Kier molecular flexibility index (Phi) is 4.67. The average Bonchev–Trinajstić information content (AvgIpc) is 2.37. The van der Waals surface area contributed by atoms with E-state index in [2.05, 4.69) is 10.3 Å². The van der Waals surface area contributed by atoms with Gasteiger partial charge in [0, 0.05) is 6.54 Å². The Labute approximate surface area is 123 Å². The molecule has 112 valence electrons. The zero-order valence-corrected chi connectivity index (χ0v) is 11.5. The summed E-state index contributed by atoms with van der Waals surface area (Å²) in [5.41, 5.74) is -0.128. The monoisotopic (exact) mass is 318 g/mol. The van der Waals surface area contributed by atoms with E-state index in [0.717, 1.165) is 17.7 Å². The van der Waals surface area contributed by atoms with Gasteiger partial charge < -0.3 is 5.32 Å². The van der Waals surface area contributed by atoms with Crippen molar-refractivity contribution in [2.24, 2.45) is 0 Å². The molecule has 0 atom stereocenters. The normalized spacial score (nSPS) is 11.5. The molecule has 0 aliphatic heterocycles. The van der Waals surface area contributed by atoms with E-state index in [4.69, 9.17) is 11.6 Å². The molecule has 0 saturated heterocycles. The molecule has 0 spiro atoms. The molecule has 0 aliphatic carbocycles. The molecule has 1 N–H and O–H groups in total. The highest BCUT2D eigenvalue weighted by Crippen LogP contribution is 2.31. The second-order valence-corrected chi connectivity index (χ2v) is 4.76. The first-order chi connectivity index (χ1) is 9.84. The number of nitrogens with zero attached hydrogens (tertiary/aromatic N) is 1. The lowest BCUT2D eigenvalue weighted by atomic mass is 10.1. The van der Waals surface area contributed by atoms with Gasteiger partial charge in [-0.3, -0.25) is 0 Å². The zero-order chi connectivity index (χ0) is 15.5. The van der Waals surface area contributed by atoms with Crippen molar-refractivity contribution in [3.8, 4) is 0 Å². The third kappa shape index (κ3) is 4.60. The molecule has 0 unspecified atom stereocenters. The Bertz CT molecular complexity index is 629. The number of benzene rings is 1. The van der Waals surface area contributed by atoms with Crippen molar-refractivity contribution in [3.05, 3.63) is 58.5 Å². The van der Waals surface area contributed by atoms with Crippen LogP contribution in [0.25, 0.3) is 0 Å². The minimum absolute atomic E-state index is 0.0335. The van der Waals surface area contributed by atoms with Crippen LogP contribution in [0.15, 0.2) is 36.4 Å². The number of halogens is 5. The summed E-state index contributed by atoms with van der Waals surface area (Å²) in [7, 11) is 0. The number of rotatable bonds is 4. The highest BCUT2D eigenvalue weighted by Gasteiger charge is 2.31. The van der Waals surface area contributed by atoms with Gasteiger partial charge in [0.25, 0.3) is 0 Å². The lowest BCUT2D eigenvalue weighted by Gasteiger charge is -2.10. The highest BCUT2D eigenvalue weighted by molar-refractivity contribution is 6.29.